The summed E-state index contributed by atoms with van der Waals surface area (Å²) in [5.41, 5.74) is 1.20. The van der Waals surface area contributed by atoms with Crippen molar-refractivity contribution in [3.05, 3.63) is 46.6 Å². The van der Waals surface area contributed by atoms with Crippen LogP contribution in [0.25, 0.3) is 0 Å². The van der Waals surface area contributed by atoms with Crippen molar-refractivity contribution in [2.45, 2.75) is 44.8 Å². The van der Waals surface area contributed by atoms with Crippen molar-refractivity contribution in [3.8, 4) is 0 Å². The monoisotopic (exact) mass is 336 g/mol. The predicted octanol–water partition coefficient (Wildman–Crippen LogP) is 3.76. The molecule has 1 aliphatic heterocycles. The van der Waals surface area contributed by atoms with E-state index in [4.69, 9.17) is 25.6 Å². The van der Waals surface area contributed by atoms with Gasteiger partial charge in [-0.15, -0.1) is 0 Å². The van der Waals surface area contributed by atoms with E-state index >= 15 is 0 Å². The van der Waals surface area contributed by atoms with Gasteiger partial charge in [0.2, 0.25) is 0 Å². The Balaban J connectivity index is 1.52. The van der Waals surface area contributed by atoms with Gasteiger partial charge in [0.15, 0.2) is 5.82 Å². The zero-order chi connectivity index (χ0) is 16.1. The van der Waals surface area contributed by atoms with Crippen LogP contribution in [0.15, 0.2) is 28.8 Å². The maximum absolute atomic E-state index is 5.90. The lowest BCUT2D eigenvalue weighted by molar-refractivity contribution is -0.0626. The van der Waals surface area contributed by atoms with Crippen LogP contribution in [0, 0.1) is 0 Å². The molecule has 2 aromatic rings. The Morgan fingerprint density at radius 2 is 2.17 bits per heavy atom. The first-order valence-electron chi connectivity index (χ1n) is 7.97. The molecule has 3 rings (SSSR count). The lowest BCUT2D eigenvalue weighted by atomic mass is 10.0. The van der Waals surface area contributed by atoms with Gasteiger partial charge in [-0.25, -0.2) is 0 Å². The summed E-state index contributed by atoms with van der Waals surface area (Å²) in [5.74, 6) is 1.40. The van der Waals surface area contributed by atoms with Crippen LogP contribution in [0.4, 0.5) is 0 Å². The highest BCUT2D eigenvalue weighted by atomic mass is 35.5. The lowest BCUT2D eigenvalue weighted by Crippen LogP contribution is -2.25. The van der Waals surface area contributed by atoms with E-state index in [9.17, 15) is 0 Å². The largest absolute Gasteiger partial charge is 0.379 e. The molecular weight excluding hydrogens is 316 g/mol. The number of benzene rings is 1. The topological polar surface area (TPSA) is 57.4 Å². The van der Waals surface area contributed by atoms with Gasteiger partial charge in [0.25, 0.3) is 5.89 Å². The zero-order valence-electron chi connectivity index (χ0n) is 13.2. The van der Waals surface area contributed by atoms with Crippen molar-refractivity contribution in [2.24, 2.45) is 0 Å². The van der Waals surface area contributed by atoms with Gasteiger partial charge in [-0.3, -0.25) is 0 Å². The van der Waals surface area contributed by atoms with E-state index in [-0.39, 0.29) is 12.0 Å². The molecule has 124 valence electrons. The Bertz CT molecular complexity index is 609. The molecule has 2 atom stereocenters. The van der Waals surface area contributed by atoms with Crippen LogP contribution in [0.1, 0.15) is 43.0 Å². The van der Waals surface area contributed by atoms with Crippen LogP contribution < -0.4 is 0 Å². The number of aromatic nitrogens is 2. The molecule has 2 heterocycles. The van der Waals surface area contributed by atoms with Gasteiger partial charge in [-0.2, -0.15) is 4.98 Å². The SMILES string of the molecule is CC(Cc1ccc(Cl)cc1)c1noc(COC2CCCOC2)n1. The first kappa shape index (κ1) is 16.4. The minimum Gasteiger partial charge on any atom is -0.379 e. The molecule has 2 unspecified atom stereocenters. The van der Waals surface area contributed by atoms with Crippen molar-refractivity contribution in [1.82, 2.24) is 10.1 Å². The average molecular weight is 337 g/mol. The minimum atomic E-state index is 0.130. The fraction of sp³-hybridized carbons (Fsp3) is 0.529. The van der Waals surface area contributed by atoms with E-state index in [1.165, 1.54) is 5.56 Å². The minimum absolute atomic E-state index is 0.130. The maximum Gasteiger partial charge on any atom is 0.252 e. The third-order valence-corrected chi connectivity index (χ3v) is 4.19. The molecule has 0 amide bonds. The van der Waals surface area contributed by atoms with Crippen LogP contribution in [0.3, 0.4) is 0 Å². The second kappa shape index (κ2) is 7.90. The third-order valence-electron chi connectivity index (χ3n) is 3.94. The summed E-state index contributed by atoms with van der Waals surface area (Å²) in [6, 6.07) is 7.83. The molecule has 1 aromatic carbocycles. The molecule has 0 saturated carbocycles. The summed E-state index contributed by atoms with van der Waals surface area (Å²) in [5, 5.41) is 4.81. The molecule has 1 aliphatic rings. The number of nitrogens with zero attached hydrogens (tertiary/aromatic N) is 2. The predicted molar refractivity (Wildman–Crippen MR) is 86.5 cm³/mol. The first-order chi connectivity index (χ1) is 11.2. The number of ether oxygens (including phenoxy) is 2. The fourth-order valence-electron chi connectivity index (χ4n) is 2.62. The molecule has 5 nitrogen and oxygen atoms in total. The van der Waals surface area contributed by atoms with Gasteiger partial charge in [-0.1, -0.05) is 35.8 Å². The van der Waals surface area contributed by atoms with E-state index < -0.39 is 0 Å². The third kappa shape index (κ3) is 4.77. The number of halogens is 1. The maximum atomic E-state index is 5.90. The van der Waals surface area contributed by atoms with E-state index in [1.54, 1.807) is 0 Å². The van der Waals surface area contributed by atoms with E-state index in [2.05, 4.69) is 17.1 Å². The molecule has 23 heavy (non-hydrogen) atoms. The van der Waals surface area contributed by atoms with Gasteiger partial charge < -0.3 is 14.0 Å². The Labute approximate surface area is 140 Å². The highest BCUT2D eigenvalue weighted by Gasteiger charge is 2.18. The summed E-state index contributed by atoms with van der Waals surface area (Å²) >= 11 is 5.90. The number of hydrogen-bond donors (Lipinski definition) is 0. The van der Waals surface area contributed by atoms with Crippen molar-refractivity contribution >= 4 is 11.6 Å². The summed E-state index contributed by atoms with van der Waals surface area (Å²) in [7, 11) is 0. The van der Waals surface area contributed by atoms with Gasteiger partial charge in [-0.05, 0) is 37.0 Å². The molecule has 0 aliphatic carbocycles. The molecule has 1 fully saturated rings. The van der Waals surface area contributed by atoms with E-state index in [0.29, 0.717) is 24.9 Å². The summed E-state index contributed by atoms with van der Waals surface area (Å²) in [6.45, 7) is 3.90. The van der Waals surface area contributed by atoms with Gasteiger partial charge in [0.1, 0.15) is 6.61 Å². The van der Waals surface area contributed by atoms with Crippen LogP contribution in [0.5, 0.6) is 0 Å². The Hall–Kier alpha value is -1.43. The lowest BCUT2D eigenvalue weighted by Gasteiger charge is -2.21. The summed E-state index contributed by atoms with van der Waals surface area (Å²) < 4.78 is 16.4. The van der Waals surface area contributed by atoms with Gasteiger partial charge in [0, 0.05) is 17.5 Å². The quantitative estimate of drug-likeness (QED) is 0.803. The second-order valence-corrected chi connectivity index (χ2v) is 6.36. The summed E-state index contributed by atoms with van der Waals surface area (Å²) in [6.07, 6.45) is 3.03. The number of rotatable bonds is 6. The van der Waals surface area contributed by atoms with Crippen molar-refractivity contribution in [3.63, 3.8) is 0 Å². The Morgan fingerprint density at radius 3 is 2.91 bits per heavy atom. The second-order valence-electron chi connectivity index (χ2n) is 5.93. The van der Waals surface area contributed by atoms with Crippen LogP contribution in [0.2, 0.25) is 5.02 Å². The normalized spacial score (nSPS) is 19.7. The van der Waals surface area contributed by atoms with E-state index in [0.717, 1.165) is 30.9 Å². The Kier molecular flexibility index (Phi) is 5.65. The smallest absolute Gasteiger partial charge is 0.252 e. The number of hydrogen-bond acceptors (Lipinski definition) is 5. The highest BCUT2D eigenvalue weighted by Crippen LogP contribution is 2.20. The molecule has 0 spiro atoms. The molecule has 1 saturated heterocycles. The van der Waals surface area contributed by atoms with Crippen LogP contribution in [-0.4, -0.2) is 29.5 Å². The van der Waals surface area contributed by atoms with Crippen molar-refractivity contribution in [2.75, 3.05) is 13.2 Å². The molecule has 0 N–H and O–H groups in total. The molecule has 1 aromatic heterocycles. The zero-order valence-corrected chi connectivity index (χ0v) is 14.0. The van der Waals surface area contributed by atoms with Crippen molar-refractivity contribution < 1.29 is 14.0 Å². The standard InChI is InChI=1S/C17H21ClN2O3/c1-12(9-13-4-6-14(18)7-5-13)17-19-16(23-20-17)11-22-15-3-2-8-21-10-15/h4-7,12,15H,2-3,8-11H2,1H3. The Morgan fingerprint density at radius 1 is 1.35 bits per heavy atom. The highest BCUT2D eigenvalue weighted by molar-refractivity contribution is 6.30. The fourth-order valence-corrected chi connectivity index (χ4v) is 2.75. The first-order valence-corrected chi connectivity index (χ1v) is 8.35. The van der Waals surface area contributed by atoms with Gasteiger partial charge >= 0.3 is 0 Å². The molecule has 0 radical (unpaired) electrons. The van der Waals surface area contributed by atoms with Crippen LogP contribution >= 0.6 is 11.6 Å². The van der Waals surface area contributed by atoms with Crippen molar-refractivity contribution in [1.29, 1.82) is 0 Å². The summed E-state index contributed by atoms with van der Waals surface area (Å²) in [4.78, 5) is 4.44. The molecular formula is C17H21ClN2O3. The van der Waals surface area contributed by atoms with Crippen LogP contribution in [-0.2, 0) is 22.5 Å². The molecule has 6 heteroatoms. The van der Waals surface area contributed by atoms with Gasteiger partial charge in [0.05, 0.1) is 12.7 Å². The molecule has 0 bridgehead atoms. The average Bonchev–Trinajstić information content (AvgIpc) is 3.05. The van der Waals surface area contributed by atoms with E-state index in [1.807, 2.05) is 24.3 Å².